The minimum Gasteiger partial charge on any atom is -0.382 e. The molecule has 0 bridgehead atoms. The van der Waals surface area contributed by atoms with Crippen molar-refractivity contribution in [3.63, 3.8) is 0 Å². The highest BCUT2D eigenvalue weighted by Crippen LogP contribution is 2.28. The van der Waals surface area contributed by atoms with Crippen molar-refractivity contribution in [3.05, 3.63) is 65.3 Å². The van der Waals surface area contributed by atoms with E-state index in [1.165, 1.54) is 6.20 Å². The molecule has 0 aliphatic carbocycles. The van der Waals surface area contributed by atoms with Crippen molar-refractivity contribution in [1.29, 1.82) is 0 Å². The van der Waals surface area contributed by atoms with Gasteiger partial charge in [-0.1, -0.05) is 0 Å². The highest BCUT2D eigenvalue weighted by Gasteiger charge is 2.14. The van der Waals surface area contributed by atoms with Gasteiger partial charge >= 0.3 is 0 Å². The molecule has 1 fully saturated rings. The van der Waals surface area contributed by atoms with Gasteiger partial charge < -0.3 is 25.7 Å². The largest absolute Gasteiger partial charge is 0.382 e. The van der Waals surface area contributed by atoms with Crippen LogP contribution in [0.25, 0.3) is 22.2 Å². The average molecular weight is 415 g/mol. The summed E-state index contributed by atoms with van der Waals surface area (Å²) in [6.07, 6.45) is 4.66. The zero-order valence-corrected chi connectivity index (χ0v) is 16.7. The topological polar surface area (TPSA) is 122 Å². The van der Waals surface area contributed by atoms with Gasteiger partial charge in [0.15, 0.2) is 0 Å². The lowest BCUT2D eigenvalue weighted by atomic mass is 10.1. The number of H-pyrrole nitrogens is 1. The zero-order chi connectivity index (χ0) is 21.2. The third kappa shape index (κ3) is 3.90. The van der Waals surface area contributed by atoms with E-state index in [1.807, 2.05) is 24.3 Å². The van der Waals surface area contributed by atoms with Crippen LogP contribution in [0.15, 0.2) is 59.8 Å². The van der Waals surface area contributed by atoms with Gasteiger partial charge in [0.1, 0.15) is 17.3 Å². The number of aromatic nitrogens is 4. The number of hydrogen-bond acceptors (Lipinski definition) is 8. The second kappa shape index (κ2) is 8.04. The molecule has 4 aromatic rings. The zero-order valence-electron chi connectivity index (χ0n) is 16.7. The number of morpholine rings is 1. The predicted molar refractivity (Wildman–Crippen MR) is 121 cm³/mol. The number of pyridine rings is 2. The number of fused-ring (bicyclic) bond motifs is 1. The highest BCUT2D eigenvalue weighted by atomic mass is 16.5. The van der Waals surface area contributed by atoms with Crippen LogP contribution in [0.5, 0.6) is 0 Å². The Morgan fingerprint density at radius 1 is 1.03 bits per heavy atom. The number of anilines is 4. The summed E-state index contributed by atoms with van der Waals surface area (Å²) >= 11 is 0. The fourth-order valence-electron chi connectivity index (χ4n) is 3.62. The van der Waals surface area contributed by atoms with Crippen LogP contribution < -0.4 is 21.5 Å². The molecule has 0 radical (unpaired) electrons. The van der Waals surface area contributed by atoms with Crippen molar-refractivity contribution in [1.82, 2.24) is 19.9 Å². The van der Waals surface area contributed by atoms with Crippen LogP contribution in [-0.2, 0) is 4.74 Å². The van der Waals surface area contributed by atoms with E-state index in [0.717, 1.165) is 43.1 Å². The first-order chi connectivity index (χ1) is 15.2. The van der Waals surface area contributed by atoms with Gasteiger partial charge in [-0.05, 0) is 41.8 Å². The molecular formula is C22H21N7O2. The number of ether oxygens (including phenoxy) is 1. The molecule has 0 spiro atoms. The van der Waals surface area contributed by atoms with E-state index in [0.29, 0.717) is 28.4 Å². The lowest BCUT2D eigenvalue weighted by molar-refractivity contribution is 0.122. The quantitative estimate of drug-likeness (QED) is 0.465. The third-order valence-corrected chi connectivity index (χ3v) is 5.19. The fraction of sp³-hybridized carbons (Fsp3) is 0.182. The first kappa shape index (κ1) is 19.0. The number of aromatic amines is 1. The van der Waals surface area contributed by atoms with Crippen LogP contribution in [0.4, 0.5) is 23.0 Å². The Morgan fingerprint density at radius 2 is 1.84 bits per heavy atom. The van der Waals surface area contributed by atoms with Crippen molar-refractivity contribution >= 4 is 33.8 Å². The summed E-state index contributed by atoms with van der Waals surface area (Å²) in [6, 6.07) is 11.7. The van der Waals surface area contributed by atoms with E-state index >= 15 is 0 Å². The molecule has 4 N–H and O–H groups in total. The van der Waals surface area contributed by atoms with Gasteiger partial charge in [-0.3, -0.25) is 4.79 Å². The van der Waals surface area contributed by atoms with E-state index in [4.69, 9.17) is 10.5 Å². The smallest absolute Gasteiger partial charge is 0.259 e. The molecule has 0 unspecified atom stereocenters. The number of hydrogen-bond donors (Lipinski definition) is 3. The fourth-order valence-corrected chi connectivity index (χ4v) is 3.62. The number of benzene rings is 1. The van der Waals surface area contributed by atoms with Gasteiger partial charge in [-0.25, -0.2) is 15.0 Å². The van der Waals surface area contributed by atoms with Gasteiger partial charge in [-0.2, -0.15) is 0 Å². The lowest BCUT2D eigenvalue weighted by Crippen LogP contribution is -2.36. The van der Waals surface area contributed by atoms with E-state index < -0.39 is 0 Å². The molecule has 0 atom stereocenters. The van der Waals surface area contributed by atoms with Gasteiger partial charge in [0.25, 0.3) is 5.56 Å². The molecule has 31 heavy (non-hydrogen) atoms. The Kier molecular flexibility index (Phi) is 4.93. The summed E-state index contributed by atoms with van der Waals surface area (Å²) in [5, 5.41) is 4.52. The van der Waals surface area contributed by atoms with Crippen molar-refractivity contribution in [2.45, 2.75) is 0 Å². The van der Waals surface area contributed by atoms with E-state index in [-0.39, 0.29) is 5.56 Å². The molecule has 1 aliphatic heterocycles. The standard InChI is InChI=1S/C22H21N7O2/c23-19-13-25-18(12-26-19)17-11-14-5-6-24-22(30)20(14)21(28-17)27-15-1-3-16(4-2-15)29-7-9-31-10-8-29/h1-6,11-13H,7-10H2,(H2,23,26)(H,24,30)(H,27,28). The monoisotopic (exact) mass is 415 g/mol. The lowest BCUT2D eigenvalue weighted by Gasteiger charge is -2.28. The number of nitrogens with one attached hydrogen (secondary N) is 2. The normalized spacial score (nSPS) is 14.0. The Morgan fingerprint density at radius 3 is 2.58 bits per heavy atom. The van der Waals surface area contributed by atoms with Gasteiger partial charge in [0.2, 0.25) is 0 Å². The van der Waals surface area contributed by atoms with E-state index in [1.54, 1.807) is 12.4 Å². The first-order valence-corrected chi connectivity index (χ1v) is 9.97. The molecule has 5 rings (SSSR count). The maximum atomic E-state index is 12.5. The molecule has 156 valence electrons. The maximum absolute atomic E-state index is 12.5. The van der Waals surface area contributed by atoms with Gasteiger partial charge in [-0.15, -0.1) is 0 Å². The Labute approximate surface area is 177 Å². The summed E-state index contributed by atoms with van der Waals surface area (Å²) in [4.78, 5) is 30.6. The van der Waals surface area contributed by atoms with Gasteiger partial charge in [0.05, 0.1) is 36.7 Å². The molecule has 1 aliphatic rings. The molecule has 4 heterocycles. The van der Waals surface area contributed by atoms with Crippen LogP contribution in [0.2, 0.25) is 0 Å². The third-order valence-electron chi connectivity index (χ3n) is 5.19. The molecule has 0 saturated carbocycles. The number of nitrogen functional groups attached to an aromatic ring is 1. The first-order valence-electron chi connectivity index (χ1n) is 9.97. The Hall–Kier alpha value is -3.98. The summed E-state index contributed by atoms with van der Waals surface area (Å²) in [7, 11) is 0. The maximum Gasteiger partial charge on any atom is 0.259 e. The van der Waals surface area contributed by atoms with Crippen LogP contribution in [-0.4, -0.2) is 46.2 Å². The second-order valence-electron chi connectivity index (χ2n) is 7.22. The summed E-state index contributed by atoms with van der Waals surface area (Å²) in [5.74, 6) is 0.784. The van der Waals surface area contributed by atoms with Crippen LogP contribution in [0.3, 0.4) is 0 Å². The van der Waals surface area contributed by atoms with Crippen molar-refractivity contribution in [3.8, 4) is 11.4 Å². The summed E-state index contributed by atoms with van der Waals surface area (Å²) < 4.78 is 5.42. The molecule has 1 saturated heterocycles. The molecule has 9 heteroatoms. The SMILES string of the molecule is Nc1cnc(-c2cc3cc[nH]c(=O)c3c(Nc3ccc(N4CCOCC4)cc3)n2)cn1. The Balaban J connectivity index is 1.52. The number of rotatable bonds is 4. The second-order valence-corrected chi connectivity index (χ2v) is 7.22. The highest BCUT2D eigenvalue weighted by molar-refractivity contribution is 5.94. The number of nitrogens with zero attached hydrogens (tertiary/aromatic N) is 4. The van der Waals surface area contributed by atoms with Crippen LogP contribution in [0, 0.1) is 0 Å². The van der Waals surface area contributed by atoms with E-state index in [2.05, 4.69) is 42.3 Å². The predicted octanol–water partition coefficient (Wildman–Crippen LogP) is 2.54. The molecule has 9 nitrogen and oxygen atoms in total. The van der Waals surface area contributed by atoms with Crippen molar-refractivity contribution in [2.75, 3.05) is 42.3 Å². The van der Waals surface area contributed by atoms with Crippen molar-refractivity contribution < 1.29 is 4.74 Å². The minimum atomic E-state index is -0.215. The molecule has 0 amide bonds. The van der Waals surface area contributed by atoms with Crippen molar-refractivity contribution in [2.24, 2.45) is 0 Å². The van der Waals surface area contributed by atoms with Crippen LogP contribution in [0.1, 0.15) is 0 Å². The van der Waals surface area contributed by atoms with Crippen LogP contribution >= 0.6 is 0 Å². The average Bonchev–Trinajstić information content (AvgIpc) is 2.80. The Bertz CT molecular complexity index is 1260. The molecule has 3 aromatic heterocycles. The summed E-state index contributed by atoms with van der Waals surface area (Å²) in [5.41, 5.74) is 8.57. The number of nitrogens with two attached hydrogens (primary N) is 1. The summed E-state index contributed by atoms with van der Waals surface area (Å²) in [6.45, 7) is 3.22. The molecule has 1 aromatic carbocycles. The molecular weight excluding hydrogens is 394 g/mol. The minimum absolute atomic E-state index is 0.215. The van der Waals surface area contributed by atoms with E-state index in [9.17, 15) is 4.79 Å². The van der Waals surface area contributed by atoms with Gasteiger partial charge in [0, 0.05) is 30.7 Å².